The minimum atomic E-state index is -0.680. The van der Waals surface area contributed by atoms with Gasteiger partial charge in [0.05, 0.1) is 24.8 Å². The van der Waals surface area contributed by atoms with Crippen LogP contribution in [0.15, 0.2) is 18.3 Å². The molecule has 126 valence electrons. The minimum absolute atomic E-state index is 0.301. The molecule has 0 heterocycles. The van der Waals surface area contributed by atoms with Crippen molar-refractivity contribution in [3.8, 4) is 11.5 Å². The third-order valence-electron chi connectivity index (χ3n) is 2.57. The molecule has 0 aliphatic rings. The number of methoxy groups -OCH3 is 2. The van der Waals surface area contributed by atoms with E-state index in [1.807, 2.05) is 0 Å². The number of hydrogen-bond donors (Lipinski definition) is 1. The fourth-order valence-electron chi connectivity index (χ4n) is 1.70. The topological polar surface area (TPSA) is 99.9 Å². The van der Waals surface area contributed by atoms with Gasteiger partial charge in [-0.15, -0.1) is 0 Å². The van der Waals surface area contributed by atoms with Crippen molar-refractivity contribution in [1.29, 1.82) is 0 Å². The highest BCUT2D eigenvalue weighted by atomic mass is 16.6. The van der Waals surface area contributed by atoms with E-state index in [-0.39, 0.29) is 0 Å². The quantitative estimate of drug-likeness (QED) is 0.659. The van der Waals surface area contributed by atoms with Gasteiger partial charge in [0.2, 0.25) is 6.20 Å². The van der Waals surface area contributed by atoms with Crippen molar-refractivity contribution in [2.75, 3.05) is 19.5 Å². The Morgan fingerprint density at radius 3 is 2.26 bits per heavy atom. The van der Waals surface area contributed by atoms with E-state index in [1.54, 1.807) is 20.8 Å². The van der Waals surface area contributed by atoms with Gasteiger partial charge < -0.3 is 14.2 Å². The van der Waals surface area contributed by atoms with Gasteiger partial charge in [0, 0.05) is 17.7 Å². The van der Waals surface area contributed by atoms with E-state index in [0.717, 1.165) is 6.20 Å². The van der Waals surface area contributed by atoms with E-state index in [4.69, 9.17) is 14.2 Å². The highest BCUT2D eigenvalue weighted by Gasteiger charge is 2.18. The lowest BCUT2D eigenvalue weighted by molar-refractivity contribution is -0.400. The van der Waals surface area contributed by atoms with Crippen LogP contribution in [0.1, 0.15) is 26.3 Å². The molecule has 0 saturated heterocycles. The van der Waals surface area contributed by atoms with Gasteiger partial charge in [-0.05, 0) is 26.8 Å². The van der Waals surface area contributed by atoms with Crippen LogP contribution in [0, 0.1) is 10.1 Å². The highest BCUT2D eigenvalue weighted by molar-refractivity contribution is 5.89. The number of ether oxygens (including phenoxy) is 3. The Hall–Kier alpha value is -2.77. The maximum absolute atomic E-state index is 11.9. The van der Waals surface area contributed by atoms with Crippen molar-refractivity contribution in [3.63, 3.8) is 0 Å². The van der Waals surface area contributed by atoms with E-state index in [2.05, 4.69) is 5.32 Å². The maximum Gasteiger partial charge on any atom is 0.412 e. The molecule has 0 saturated carbocycles. The Labute approximate surface area is 134 Å². The largest absolute Gasteiger partial charge is 0.493 e. The number of hydrogen-bond acceptors (Lipinski definition) is 6. The molecule has 0 unspecified atom stereocenters. The van der Waals surface area contributed by atoms with Gasteiger partial charge in [-0.3, -0.25) is 15.4 Å². The van der Waals surface area contributed by atoms with Crippen LogP contribution in [0.5, 0.6) is 11.5 Å². The number of anilines is 1. The number of carbonyl (C=O) groups is 1. The Kier molecular flexibility index (Phi) is 5.94. The molecule has 0 atom stereocenters. The van der Waals surface area contributed by atoms with Gasteiger partial charge in [-0.25, -0.2) is 4.79 Å². The van der Waals surface area contributed by atoms with E-state index in [9.17, 15) is 14.9 Å². The van der Waals surface area contributed by atoms with Crippen LogP contribution in [0.3, 0.4) is 0 Å². The number of nitro groups is 1. The maximum atomic E-state index is 11.9. The molecule has 23 heavy (non-hydrogen) atoms. The summed E-state index contributed by atoms with van der Waals surface area (Å²) in [5.74, 6) is 0.752. The fourth-order valence-corrected chi connectivity index (χ4v) is 1.70. The summed E-state index contributed by atoms with van der Waals surface area (Å²) in [6.07, 6.45) is 1.33. The first-order chi connectivity index (χ1) is 10.7. The summed E-state index contributed by atoms with van der Waals surface area (Å²) in [5, 5.41) is 13.1. The minimum Gasteiger partial charge on any atom is -0.493 e. The monoisotopic (exact) mass is 324 g/mol. The summed E-state index contributed by atoms with van der Waals surface area (Å²) >= 11 is 0. The molecule has 1 aromatic carbocycles. The molecule has 0 radical (unpaired) electrons. The Bertz CT molecular complexity index is 619. The van der Waals surface area contributed by atoms with Crippen LogP contribution in [-0.4, -0.2) is 30.8 Å². The molecule has 0 aliphatic carbocycles. The van der Waals surface area contributed by atoms with Crippen molar-refractivity contribution < 1.29 is 23.9 Å². The molecule has 0 spiro atoms. The second-order valence-electron chi connectivity index (χ2n) is 5.52. The third-order valence-corrected chi connectivity index (χ3v) is 2.57. The lowest BCUT2D eigenvalue weighted by atomic mass is 10.1. The zero-order valence-electron chi connectivity index (χ0n) is 13.7. The molecule has 0 aromatic heterocycles. The normalized spacial score (nSPS) is 11.2. The van der Waals surface area contributed by atoms with Crippen molar-refractivity contribution in [2.24, 2.45) is 0 Å². The van der Waals surface area contributed by atoms with Crippen molar-refractivity contribution in [1.82, 2.24) is 0 Å². The zero-order valence-corrected chi connectivity index (χ0v) is 13.7. The third kappa shape index (κ3) is 5.85. The Morgan fingerprint density at radius 1 is 1.22 bits per heavy atom. The average molecular weight is 324 g/mol. The predicted molar refractivity (Wildman–Crippen MR) is 85.4 cm³/mol. The van der Waals surface area contributed by atoms with Crippen LogP contribution in [0.25, 0.3) is 6.08 Å². The first kappa shape index (κ1) is 18.3. The van der Waals surface area contributed by atoms with E-state index < -0.39 is 16.6 Å². The van der Waals surface area contributed by atoms with Gasteiger partial charge in [-0.2, -0.15) is 0 Å². The SMILES string of the molecule is COc1cc(/C=C/[N+](=O)[O-])c(NC(=O)OC(C)(C)C)cc1OC. The molecule has 0 fully saturated rings. The van der Waals surface area contributed by atoms with Crippen molar-refractivity contribution in [3.05, 3.63) is 34.0 Å². The number of nitrogens with zero attached hydrogens (tertiary/aromatic N) is 1. The smallest absolute Gasteiger partial charge is 0.412 e. The summed E-state index contributed by atoms with van der Waals surface area (Å²) in [6, 6.07) is 3.02. The molecule has 0 bridgehead atoms. The molecule has 1 N–H and O–H groups in total. The molecule has 1 amide bonds. The molecular weight excluding hydrogens is 304 g/mol. The predicted octanol–water partition coefficient (Wildman–Crippen LogP) is 3.30. The Balaban J connectivity index is 3.20. The molecule has 1 rings (SSSR count). The first-order valence-electron chi connectivity index (χ1n) is 6.74. The first-order valence-corrected chi connectivity index (χ1v) is 6.74. The van der Waals surface area contributed by atoms with Crippen molar-refractivity contribution in [2.45, 2.75) is 26.4 Å². The summed E-state index contributed by atoms with van der Waals surface area (Å²) in [5.41, 5.74) is 0.0116. The van der Waals surface area contributed by atoms with Gasteiger partial charge in [0.25, 0.3) is 0 Å². The summed E-state index contributed by atoms with van der Waals surface area (Å²) in [4.78, 5) is 21.8. The zero-order chi connectivity index (χ0) is 17.6. The summed E-state index contributed by atoms with van der Waals surface area (Å²) < 4.78 is 15.5. The second-order valence-corrected chi connectivity index (χ2v) is 5.52. The van der Waals surface area contributed by atoms with Crippen LogP contribution in [0.2, 0.25) is 0 Å². The number of nitrogens with one attached hydrogen (secondary N) is 1. The molecule has 8 nitrogen and oxygen atoms in total. The van der Waals surface area contributed by atoms with Gasteiger partial charge in [0.15, 0.2) is 11.5 Å². The molecule has 8 heteroatoms. The summed E-state index contributed by atoms with van der Waals surface area (Å²) in [6.45, 7) is 5.19. The standard InChI is InChI=1S/C15H20N2O6/c1-15(2,3)23-14(18)16-11-9-13(22-5)12(21-4)8-10(11)6-7-17(19)20/h6-9H,1-5H3,(H,16,18)/b7-6+. The molecular formula is C15H20N2O6. The molecule has 0 aliphatic heterocycles. The van der Waals surface area contributed by atoms with Crippen molar-refractivity contribution >= 4 is 17.9 Å². The number of amides is 1. The number of carbonyl (C=O) groups excluding carboxylic acids is 1. The average Bonchev–Trinajstić information content (AvgIpc) is 2.43. The lowest BCUT2D eigenvalue weighted by Gasteiger charge is -2.20. The second kappa shape index (κ2) is 7.48. The number of rotatable bonds is 5. The van der Waals surface area contributed by atoms with E-state index in [1.165, 1.54) is 32.4 Å². The van der Waals surface area contributed by atoms with Crippen LogP contribution in [-0.2, 0) is 4.74 Å². The van der Waals surface area contributed by atoms with Gasteiger partial charge in [0.1, 0.15) is 5.60 Å². The highest BCUT2D eigenvalue weighted by Crippen LogP contribution is 2.34. The van der Waals surface area contributed by atoms with Crippen LogP contribution < -0.4 is 14.8 Å². The van der Waals surface area contributed by atoms with Gasteiger partial charge >= 0.3 is 6.09 Å². The van der Waals surface area contributed by atoms with Gasteiger partial charge in [-0.1, -0.05) is 0 Å². The van der Waals surface area contributed by atoms with Crippen LogP contribution >= 0.6 is 0 Å². The lowest BCUT2D eigenvalue weighted by Crippen LogP contribution is -2.27. The Morgan fingerprint density at radius 2 is 1.78 bits per heavy atom. The fraction of sp³-hybridized carbons (Fsp3) is 0.400. The van der Waals surface area contributed by atoms with E-state index in [0.29, 0.717) is 22.7 Å². The number of benzene rings is 1. The summed E-state index contributed by atoms with van der Waals surface area (Å²) in [7, 11) is 2.89. The van der Waals surface area contributed by atoms with E-state index >= 15 is 0 Å². The molecule has 1 aromatic rings. The van der Waals surface area contributed by atoms with Crippen LogP contribution in [0.4, 0.5) is 10.5 Å².